The predicted molar refractivity (Wildman–Crippen MR) is 82.8 cm³/mol. The number of hydrogen-bond donors (Lipinski definition) is 1. The molecule has 0 aliphatic rings. The Labute approximate surface area is 125 Å². The van der Waals surface area contributed by atoms with Crippen molar-refractivity contribution in [1.82, 2.24) is 15.1 Å². The number of nitrogens with zero attached hydrogens (tertiary/aromatic N) is 2. The van der Waals surface area contributed by atoms with Crippen LogP contribution in [0.1, 0.15) is 18.2 Å². The summed E-state index contributed by atoms with van der Waals surface area (Å²) in [6.07, 6.45) is 2.62. The van der Waals surface area contributed by atoms with E-state index in [1.165, 1.54) is 5.56 Å². The molecular formula is C16H23N3O2. The van der Waals surface area contributed by atoms with Gasteiger partial charge < -0.3 is 14.8 Å². The number of nitrogens with one attached hydrogen (secondary N) is 1. The lowest BCUT2D eigenvalue weighted by atomic mass is 10.2. The maximum absolute atomic E-state index is 5.88. The van der Waals surface area contributed by atoms with Gasteiger partial charge in [0.05, 0.1) is 13.7 Å². The van der Waals surface area contributed by atoms with Crippen LogP contribution in [-0.4, -0.2) is 30.0 Å². The molecule has 0 fully saturated rings. The van der Waals surface area contributed by atoms with Crippen molar-refractivity contribution in [3.8, 4) is 11.5 Å². The standard InChI is InChI=1S/C16H23N3O2/c1-4-17-12-13-5-6-15(20-3)16(11-13)21-10-8-14-7-9-18-19(14)2/h5-7,9,11,17H,4,8,10,12H2,1-3H3. The maximum Gasteiger partial charge on any atom is 0.161 e. The summed E-state index contributed by atoms with van der Waals surface area (Å²) in [5.74, 6) is 1.55. The molecule has 0 atom stereocenters. The number of methoxy groups -OCH3 is 1. The molecule has 1 heterocycles. The van der Waals surface area contributed by atoms with Gasteiger partial charge in [-0.2, -0.15) is 5.10 Å². The van der Waals surface area contributed by atoms with Crippen molar-refractivity contribution in [2.75, 3.05) is 20.3 Å². The molecule has 1 N–H and O–H groups in total. The van der Waals surface area contributed by atoms with Gasteiger partial charge in [0.25, 0.3) is 0 Å². The molecule has 0 aliphatic heterocycles. The molecule has 1 aromatic carbocycles. The fraction of sp³-hybridized carbons (Fsp3) is 0.438. The monoisotopic (exact) mass is 289 g/mol. The van der Waals surface area contributed by atoms with E-state index in [0.717, 1.165) is 36.7 Å². The normalized spacial score (nSPS) is 10.6. The smallest absolute Gasteiger partial charge is 0.161 e. The van der Waals surface area contributed by atoms with Gasteiger partial charge in [-0.1, -0.05) is 13.0 Å². The highest BCUT2D eigenvalue weighted by Crippen LogP contribution is 2.28. The topological polar surface area (TPSA) is 48.3 Å². The molecule has 0 aliphatic carbocycles. The molecule has 0 bridgehead atoms. The van der Waals surface area contributed by atoms with Crippen LogP contribution in [0.15, 0.2) is 30.5 Å². The average Bonchev–Trinajstić information content (AvgIpc) is 2.91. The molecule has 21 heavy (non-hydrogen) atoms. The van der Waals surface area contributed by atoms with Crippen molar-refractivity contribution in [2.45, 2.75) is 19.9 Å². The number of benzene rings is 1. The lowest BCUT2D eigenvalue weighted by Crippen LogP contribution is -2.12. The van der Waals surface area contributed by atoms with Crippen LogP contribution in [0.25, 0.3) is 0 Å². The number of hydrogen-bond acceptors (Lipinski definition) is 4. The van der Waals surface area contributed by atoms with Crippen LogP contribution in [0.2, 0.25) is 0 Å². The van der Waals surface area contributed by atoms with Crippen molar-refractivity contribution in [3.05, 3.63) is 41.7 Å². The quantitative estimate of drug-likeness (QED) is 0.809. The number of rotatable bonds is 8. The SMILES string of the molecule is CCNCc1ccc(OC)c(OCCc2ccnn2C)c1. The van der Waals surface area contributed by atoms with E-state index in [1.807, 2.05) is 29.9 Å². The zero-order chi connectivity index (χ0) is 15.1. The second kappa shape index (κ2) is 7.69. The number of aryl methyl sites for hydroxylation is 1. The van der Waals surface area contributed by atoms with Gasteiger partial charge in [0.15, 0.2) is 11.5 Å². The zero-order valence-corrected chi connectivity index (χ0v) is 12.9. The first-order valence-corrected chi connectivity index (χ1v) is 7.22. The molecule has 2 aromatic rings. The van der Waals surface area contributed by atoms with Crippen molar-refractivity contribution < 1.29 is 9.47 Å². The summed E-state index contributed by atoms with van der Waals surface area (Å²) in [7, 11) is 3.60. The minimum absolute atomic E-state index is 0.598. The molecule has 114 valence electrons. The first-order valence-electron chi connectivity index (χ1n) is 7.22. The minimum Gasteiger partial charge on any atom is -0.493 e. The van der Waals surface area contributed by atoms with E-state index in [4.69, 9.17) is 9.47 Å². The molecule has 0 radical (unpaired) electrons. The molecule has 0 spiro atoms. The van der Waals surface area contributed by atoms with Gasteiger partial charge in [0.1, 0.15) is 0 Å². The molecular weight excluding hydrogens is 266 g/mol. The van der Waals surface area contributed by atoms with Crippen LogP contribution in [0.3, 0.4) is 0 Å². The van der Waals surface area contributed by atoms with Crippen LogP contribution in [0.4, 0.5) is 0 Å². The van der Waals surface area contributed by atoms with Crippen LogP contribution >= 0.6 is 0 Å². The van der Waals surface area contributed by atoms with E-state index in [9.17, 15) is 0 Å². The van der Waals surface area contributed by atoms with Gasteiger partial charge in [-0.05, 0) is 30.3 Å². The third-order valence-electron chi connectivity index (χ3n) is 3.35. The van der Waals surface area contributed by atoms with Gasteiger partial charge in [-0.3, -0.25) is 4.68 Å². The summed E-state index contributed by atoms with van der Waals surface area (Å²) in [6, 6.07) is 8.04. The first kappa shape index (κ1) is 15.4. The van der Waals surface area contributed by atoms with Crippen molar-refractivity contribution in [1.29, 1.82) is 0 Å². The number of ether oxygens (including phenoxy) is 2. The number of aromatic nitrogens is 2. The molecule has 5 nitrogen and oxygen atoms in total. The molecule has 2 rings (SSSR count). The van der Waals surface area contributed by atoms with E-state index in [2.05, 4.69) is 23.4 Å². The Bertz CT molecular complexity index is 566. The van der Waals surface area contributed by atoms with Crippen LogP contribution < -0.4 is 14.8 Å². The van der Waals surface area contributed by atoms with E-state index < -0.39 is 0 Å². The summed E-state index contributed by atoms with van der Waals surface area (Å²) in [4.78, 5) is 0. The van der Waals surface area contributed by atoms with Crippen LogP contribution in [0.5, 0.6) is 11.5 Å². The Morgan fingerprint density at radius 3 is 2.76 bits per heavy atom. The van der Waals surface area contributed by atoms with Crippen molar-refractivity contribution >= 4 is 0 Å². The second-order valence-electron chi connectivity index (χ2n) is 4.81. The summed E-state index contributed by atoms with van der Waals surface area (Å²) in [6.45, 7) is 4.47. The molecule has 5 heteroatoms. The first-order chi connectivity index (χ1) is 10.2. The molecule has 1 aromatic heterocycles. The highest BCUT2D eigenvalue weighted by atomic mass is 16.5. The third kappa shape index (κ3) is 4.23. The maximum atomic E-state index is 5.88. The van der Waals surface area contributed by atoms with Gasteiger partial charge in [-0.15, -0.1) is 0 Å². The van der Waals surface area contributed by atoms with E-state index in [1.54, 1.807) is 13.3 Å². The van der Waals surface area contributed by atoms with Gasteiger partial charge in [0.2, 0.25) is 0 Å². The highest BCUT2D eigenvalue weighted by Gasteiger charge is 2.07. The Morgan fingerprint density at radius 1 is 1.24 bits per heavy atom. The van der Waals surface area contributed by atoms with Gasteiger partial charge in [0, 0.05) is 31.9 Å². The lowest BCUT2D eigenvalue weighted by molar-refractivity contribution is 0.295. The summed E-state index contributed by atoms with van der Waals surface area (Å²) >= 11 is 0. The Kier molecular flexibility index (Phi) is 5.63. The average molecular weight is 289 g/mol. The fourth-order valence-electron chi connectivity index (χ4n) is 2.13. The van der Waals surface area contributed by atoms with E-state index in [0.29, 0.717) is 6.61 Å². The van der Waals surface area contributed by atoms with Crippen LogP contribution in [0, 0.1) is 0 Å². The Hall–Kier alpha value is -2.01. The van der Waals surface area contributed by atoms with E-state index in [-0.39, 0.29) is 0 Å². The van der Waals surface area contributed by atoms with Crippen LogP contribution in [-0.2, 0) is 20.0 Å². The summed E-state index contributed by atoms with van der Waals surface area (Å²) in [5, 5.41) is 7.46. The lowest BCUT2D eigenvalue weighted by Gasteiger charge is -2.12. The Morgan fingerprint density at radius 2 is 2.10 bits per heavy atom. The highest BCUT2D eigenvalue weighted by molar-refractivity contribution is 5.43. The third-order valence-corrected chi connectivity index (χ3v) is 3.35. The fourth-order valence-corrected chi connectivity index (χ4v) is 2.13. The van der Waals surface area contributed by atoms with Gasteiger partial charge in [-0.25, -0.2) is 0 Å². The predicted octanol–water partition coefficient (Wildman–Crippen LogP) is 2.16. The molecule has 0 saturated carbocycles. The van der Waals surface area contributed by atoms with Gasteiger partial charge >= 0.3 is 0 Å². The Balaban J connectivity index is 1.98. The minimum atomic E-state index is 0.598. The zero-order valence-electron chi connectivity index (χ0n) is 12.9. The second-order valence-corrected chi connectivity index (χ2v) is 4.81. The van der Waals surface area contributed by atoms with Crippen molar-refractivity contribution in [2.24, 2.45) is 7.05 Å². The molecule has 0 unspecified atom stereocenters. The van der Waals surface area contributed by atoms with E-state index >= 15 is 0 Å². The molecule has 0 amide bonds. The summed E-state index contributed by atoms with van der Waals surface area (Å²) < 4.78 is 13.1. The summed E-state index contributed by atoms with van der Waals surface area (Å²) in [5.41, 5.74) is 2.34. The largest absolute Gasteiger partial charge is 0.493 e. The van der Waals surface area contributed by atoms with Crippen molar-refractivity contribution in [3.63, 3.8) is 0 Å². The molecule has 0 saturated heterocycles.